The Morgan fingerprint density at radius 3 is 2.64 bits per heavy atom. The molecule has 0 fully saturated rings. The van der Waals surface area contributed by atoms with Crippen LogP contribution in [0.5, 0.6) is 0 Å². The zero-order chi connectivity index (χ0) is 16.1. The van der Waals surface area contributed by atoms with Gasteiger partial charge in [0.2, 0.25) is 0 Å². The van der Waals surface area contributed by atoms with E-state index in [2.05, 4.69) is 47.1 Å². The molecule has 0 bridgehead atoms. The number of benzene rings is 1. The van der Waals surface area contributed by atoms with Crippen LogP contribution < -0.4 is 10.6 Å². The van der Waals surface area contributed by atoms with Gasteiger partial charge in [-0.05, 0) is 56.0 Å². The minimum Gasteiger partial charge on any atom is -0.360 e. The van der Waals surface area contributed by atoms with Crippen molar-refractivity contribution in [3.8, 4) is 0 Å². The van der Waals surface area contributed by atoms with Crippen molar-refractivity contribution >= 4 is 57.6 Å². The zero-order valence-corrected chi connectivity index (χ0v) is 15.4. The van der Waals surface area contributed by atoms with Crippen LogP contribution in [-0.2, 0) is 0 Å². The summed E-state index contributed by atoms with van der Waals surface area (Å²) in [6, 6.07) is 9.79. The van der Waals surface area contributed by atoms with Gasteiger partial charge in [-0.3, -0.25) is 0 Å². The van der Waals surface area contributed by atoms with E-state index in [1.54, 1.807) is 23.5 Å². The van der Waals surface area contributed by atoms with Gasteiger partial charge in [-0.25, -0.2) is 0 Å². The van der Waals surface area contributed by atoms with E-state index in [-0.39, 0.29) is 6.04 Å². The number of likely N-dealkylation sites (N-methyl/N-ethyl adjacent to an activating group) is 1. The van der Waals surface area contributed by atoms with E-state index in [0.29, 0.717) is 15.2 Å². The first-order valence-corrected chi connectivity index (χ1v) is 8.71. The Bertz CT molecular complexity index is 630. The number of nitrogens with zero attached hydrogens (tertiary/aromatic N) is 1. The summed E-state index contributed by atoms with van der Waals surface area (Å²) in [7, 11) is 4.11. The number of hydrogen-bond acceptors (Lipinski definition) is 3. The Morgan fingerprint density at radius 2 is 2.05 bits per heavy atom. The average Bonchev–Trinajstić information content (AvgIpc) is 2.97. The third-order valence-electron chi connectivity index (χ3n) is 3.13. The molecule has 3 nitrogen and oxygen atoms in total. The van der Waals surface area contributed by atoms with E-state index in [1.165, 1.54) is 4.88 Å². The summed E-state index contributed by atoms with van der Waals surface area (Å²) in [6.45, 7) is 0.723. The van der Waals surface area contributed by atoms with Crippen molar-refractivity contribution in [2.24, 2.45) is 0 Å². The molecule has 1 heterocycles. The van der Waals surface area contributed by atoms with Gasteiger partial charge < -0.3 is 15.5 Å². The third-order valence-corrected chi connectivity index (χ3v) is 5.09. The fourth-order valence-corrected chi connectivity index (χ4v) is 3.38. The number of nitrogens with one attached hydrogen (secondary N) is 2. The van der Waals surface area contributed by atoms with Crippen LogP contribution in [-0.4, -0.2) is 30.7 Å². The second kappa shape index (κ2) is 8.13. The quantitative estimate of drug-likeness (QED) is 0.746. The first kappa shape index (κ1) is 17.5. The zero-order valence-electron chi connectivity index (χ0n) is 12.3. The van der Waals surface area contributed by atoms with Gasteiger partial charge in [-0.1, -0.05) is 29.3 Å². The lowest BCUT2D eigenvalue weighted by Gasteiger charge is -2.24. The lowest BCUT2D eigenvalue weighted by Crippen LogP contribution is -2.36. The van der Waals surface area contributed by atoms with Crippen molar-refractivity contribution in [3.63, 3.8) is 0 Å². The molecule has 0 aliphatic heterocycles. The summed E-state index contributed by atoms with van der Waals surface area (Å²) in [5.74, 6) is 0. The van der Waals surface area contributed by atoms with Gasteiger partial charge in [-0.15, -0.1) is 11.3 Å². The van der Waals surface area contributed by atoms with E-state index in [9.17, 15) is 0 Å². The maximum Gasteiger partial charge on any atom is 0.170 e. The summed E-state index contributed by atoms with van der Waals surface area (Å²) >= 11 is 19.0. The largest absolute Gasteiger partial charge is 0.360 e. The van der Waals surface area contributed by atoms with Gasteiger partial charge in [0.15, 0.2) is 5.11 Å². The molecule has 1 aromatic heterocycles. The number of halogens is 2. The van der Waals surface area contributed by atoms with E-state index in [1.807, 2.05) is 6.07 Å². The summed E-state index contributed by atoms with van der Waals surface area (Å²) in [5.41, 5.74) is 0.810. The minimum atomic E-state index is 0.272. The van der Waals surface area contributed by atoms with Crippen LogP contribution in [0, 0.1) is 0 Å². The molecule has 0 amide bonds. The predicted molar refractivity (Wildman–Crippen MR) is 101 cm³/mol. The Kier molecular flexibility index (Phi) is 6.47. The van der Waals surface area contributed by atoms with E-state index in [4.69, 9.17) is 35.4 Å². The minimum absolute atomic E-state index is 0.272. The molecule has 2 rings (SSSR count). The van der Waals surface area contributed by atoms with Crippen molar-refractivity contribution in [3.05, 3.63) is 50.6 Å². The first-order valence-electron chi connectivity index (χ1n) is 6.67. The van der Waals surface area contributed by atoms with E-state index < -0.39 is 0 Å². The number of rotatable bonds is 5. The van der Waals surface area contributed by atoms with Gasteiger partial charge in [0.05, 0.1) is 16.1 Å². The van der Waals surface area contributed by atoms with Crippen LogP contribution in [0.25, 0.3) is 0 Å². The molecule has 1 unspecified atom stereocenters. The normalized spacial score (nSPS) is 12.2. The molecule has 0 saturated carbocycles. The van der Waals surface area contributed by atoms with Crippen LogP contribution in [0.2, 0.25) is 10.0 Å². The molecule has 7 heteroatoms. The van der Waals surface area contributed by atoms with Crippen molar-refractivity contribution in [1.82, 2.24) is 10.2 Å². The number of anilines is 1. The molecule has 1 atom stereocenters. The summed E-state index contributed by atoms with van der Waals surface area (Å²) in [5, 5.41) is 10.0. The Balaban J connectivity index is 1.92. The van der Waals surface area contributed by atoms with Gasteiger partial charge in [0.25, 0.3) is 0 Å². The Labute approximate surface area is 150 Å². The number of thiocarbonyl (C=S) groups is 1. The molecule has 0 radical (unpaired) electrons. The molecular formula is C15H17Cl2N3S2. The fourth-order valence-electron chi connectivity index (χ4n) is 1.96. The molecule has 118 valence electrons. The standard InChI is InChI=1S/C15H17Cl2N3S2/c1-20(2)13(14-4-3-7-22-14)9-18-15(21)19-10-5-6-11(16)12(17)8-10/h3-8,13H,9H2,1-2H3,(H2,18,19,21). The highest BCUT2D eigenvalue weighted by Gasteiger charge is 2.15. The third kappa shape index (κ3) is 4.83. The number of thiophene rings is 1. The van der Waals surface area contributed by atoms with Gasteiger partial charge >= 0.3 is 0 Å². The summed E-state index contributed by atoms with van der Waals surface area (Å²) in [4.78, 5) is 3.47. The average molecular weight is 374 g/mol. The molecular weight excluding hydrogens is 357 g/mol. The van der Waals surface area contributed by atoms with Gasteiger partial charge in [0, 0.05) is 17.1 Å². The molecule has 2 N–H and O–H groups in total. The van der Waals surface area contributed by atoms with Gasteiger partial charge in [-0.2, -0.15) is 0 Å². The van der Waals surface area contributed by atoms with E-state index >= 15 is 0 Å². The highest BCUT2D eigenvalue weighted by molar-refractivity contribution is 7.80. The van der Waals surface area contributed by atoms with Crippen molar-refractivity contribution in [2.75, 3.05) is 26.0 Å². The molecule has 0 aliphatic carbocycles. The summed E-state index contributed by atoms with van der Waals surface area (Å²) < 4.78 is 0. The highest BCUT2D eigenvalue weighted by Crippen LogP contribution is 2.25. The highest BCUT2D eigenvalue weighted by atomic mass is 35.5. The van der Waals surface area contributed by atoms with Crippen molar-refractivity contribution in [2.45, 2.75) is 6.04 Å². The molecule has 22 heavy (non-hydrogen) atoms. The Morgan fingerprint density at radius 1 is 1.27 bits per heavy atom. The molecule has 0 aliphatic rings. The van der Waals surface area contributed by atoms with Crippen LogP contribution >= 0.6 is 46.8 Å². The monoisotopic (exact) mass is 373 g/mol. The second-order valence-corrected chi connectivity index (χ2v) is 7.16. The predicted octanol–water partition coefficient (Wildman–Crippen LogP) is 4.64. The first-order chi connectivity index (χ1) is 10.5. The summed E-state index contributed by atoms with van der Waals surface area (Å²) in [6.07, 6.45) is 0. The second-order valence-electron chi connectivity index (χ2n) is 4.96. The maximum atomic E-state index is 5.99. The molecule has 1 aromatic carbocycles. The van der Waals surface area contributed by atoms with Gasteiger partial charge in [0.1, 0.15) is 0 Å². The lowest BCUT2D eigenvalue weighted by atomic mass is 10.2. The fraction of sp³-hybridized carbons (Fsp3) is 0.267. The molecule has 2 aromatic rings. The Hall–Kier alpha value is -0.850. The molecule has 0 spiro atoms. The number of hydrogen-bond donors (Lipinski definition) is 2. The topological polar surface area (TPSA) is 27.3 Å². The molecule has 0 saturated heterocycles. The smallest absolute Gasteiger partial charge is 0.170 e. The van der Waals surface area contributed by atoms with E-state index in [0.717, 1.165) is 12.2 Å². The van der Waals surface area contributed by atoms with Crippen molar-refractivity contribution in [1.29, 1.82) is 0 Å². The van der Waals surface area contributed by atoms with Crippen LogP contribution in [0.4, 0.5) is 5.69 Å². The SMILES string of the molecule is CN(C)C(CNC(=S)Nc1ccc(Cl)c(Cl)c1)c1cccs1. The lowest BCUT2D eigenvalue weighted by molar-refractivity contribution is 0.303. The van der Waals surface area contributed by atoms with Crippen LogP contribution in [0.15, 0.2) is 35.7 Å². The van der Waals surface area contributed by atoms with Crippen LogP contribution in [0.3, 0.4) is 0 Å². The van der Waals surface area contributed by atoms with Crippen LogP contribution in [0.1, 0.15) is 10.9 Å². The van der Waals surface area contributed by atoms with Crippen molar-refractivity contribution < 1.29 is 0 Å². The maximum absolute atomic E-state index is 5.99.